The molecule has 0 radical (unpaired) electrons. The van der Waals surface area contributed by atoms with Crippen LogP contribution < -0.4 is 5.32 Å². The first kappa shape index (κ1) is 22.5. The van der Waals surface area contributed by atoms with E-state index in [1.165, 1.54) is 10.8 Å². The lowest BCUT2D eigenvalue weighted by Gasteiger charge is -2.29. The van der Waals surface area contributed by atoms with Gasteiger partial charge in [-0.05, 0) is 54.2 Å². The zero-order valence-electron chi connectivity index (χ0n) is 18.7. The number of amides is 2. The van der Waals surface area contributed by atoms with Crippen LogP contribution in [0.4, 0.5) is 0 Å². The molecule has 31 heavy (non-hydrogen) atoms. The van der Waals surface area contributed by atoms with Crippen LogP contribution in [-0.4, -0.2) is 29.3 Å². The second-order valence-corrected chi connectivity index (χ2v) is 8.05. The third-order valence-corrected chi connectivity index (χ3v) is 5.81. The van der Waals surface area contributed by atoms with Crippen molar-refractivity contribution < 1.29 is 9.59 Å². The van der Waals surface area contributed by atoms with Crippen LogP contribution in [0.2, 0.25) is 0 Å². The molecule has 0 spiro atoms. The maximum atomic E-state index is 13.3. The minimum Gasteiger partial charge on any atom is -0.354 e. The summed E-state index contributed by atoms with van der Waals surface area (Å²) in [7, 11) is 0. The van der Waals surface area contributed by atoms with Crippen molar-refractivity contribution >= 4 is 22.6 Å². The van der Waals surface area contributed by atoms with Crippen LogP contribution >= 0.6 is 0 Å². The van der Waals surface area contributed by atoms with Gasteiger partial charge in [-0.15, -0.1) is 0 Å². The smallest absolute Gasteiger partial charge is 0.242 e. The molecular weight excluding hydrogens is 384 g/mol. The topological polar surface area (TPSA) is 49.4 Å². The fourth-order valence-electron chi connectivity index (χ4n) is 3.85. The molecule has 0 aliphatic rings. The summed E-state index contributed by atoms with van der Waals surface area (Å²) in [5.41, 5.74) is 3.34. The van der Waals surface area contributed by atoms with Crippen molar-refractivity contribution in [1.82, 2.24) is 10.2 Å². The molecule has 1 atom stereocenters. The zero-order chi connectivity index (χ0) is 22.2. The van der Waals surface area contributed by atoms with Crippen molar-refractivity contribution in [2.24, 2.45) is 0 Å². The number of carbonyl (C=O) groups is 2. The van der Waals surface area contributed by atoms with Gasteiger partial charge >= 0.3 is 0 Å². The number of aryl methyl sites for hydroxylation is 2. The molecule has 0 unspecified atom stereocenters. The summed E-state index contributed by atoms with van der Waals surface area (Å²) < 4.78 is 0. The Kier molecular flexibility index (Phi) is 7.82. The minimum atomic E-state index is -0.522. The van der Waals surface area contributed by atoms with E-state index in [1.54, 1.807) is 4.90 Å². The summed E-state index contributed by atoms with van der Waals surface area (Å²) in [6.45, 7) is 6.92. The first-order chi connectivity index (χ1) is 15.0. The van der Waals surface area contributed by atoms with Gasteiger partial charge in [0.25, 0.3) is 0 Å². The van der Waals surface area contributed by atoms with Crippen molar-refractivity contribution in [2.45, 2.75) is 52.6 Å². The van der Waals surface area contributed by atoms with Gasteiger partial charge in [0.05, 0.1) is 0 Å². The summed E-state index contributed by atoms with van der Waals surface area (Å²) in [5.74, 6) is -0.107. The number of nitrogens with one attached hydrogen (secondary N) is 1. The quantitative estimate of drug-likeness (QED) is 0.532. The molecule has 3 rings (SSSR count). The highest BCUT2D eigenvalue weighted by molar-refractivity contribution is 5.88. The Morgan fingerprint density at radius 1 is 0.935 bits per heavy atom. The number of rotatable bonds is 9. The van der Waals surface area contributed by atoms with E-state index in [0.29, 0.717) is 25.9 Å². The predicted octanol–water partition coefficient (Wildman–Crippen LogP) is 5.02. The van der Waals surface area contributed by atoms with Crippen LogP contribution in [0.1, 0.15) is 43.4 Å². The highest BCUT2D eigenvalue weighted by Crippen LogP contribution is 2.21. The van der Waals surface area contributed by atoms with Crippen LogP contribution in [0.3, 0.4) is 0 Å². The van der Waals surface area contributed by atoms with Gasteiger partial charge < -0.3 is 10.2 Å². The number of nitrogens with zero attached hydrogens (tertiary/aromatic N) is 1. The Balaban J connectivity index is 1.79. The van der Waals surface area contributed by atoms with Crippen molar-refractivity contribution in [3.63, 3.8) is 0 Å². The van der Waals surface area contributed by atoms with E-state index in [2.05, 4.69) is 29.6 Å². The zero-order valence-corrected chi connectivity index (χ0v) is 18.7. The molecule has 3 aromatic rings. The van der Waals surface area contributed by atoms with Gasteiger partial charge in [-0.25, -0.2) is 0 Å². The standard InChI is InChI=1S/C27H32N2O2/c1-4-18-28-27(31)21(3)29(19-24-12-6-5-10-20(24)2)26(30)17-16-23-14-9-13-22-11-7-8-15-25(22)23/h5-15,21H,4,16-19H2,1-3H3,(H,28,31)/t21-/m1/s1. The summed E-state index contributed by atoms with van der Waals surface area (Å²) in [5, 5.41) is 5.29. The second kappa shape index (κ2) is 10.8. The van der Waals surface area contributed by atoms with Crippen LogP contribution in [0, 0.1) is 6.92 Å². The molecule has 3 aromatic carbocycles. The van der Waals surface area contributed by atoms with Crippen molar-refractivity contribution in [3.8, 4) is 0 Å². The molecule has 2 amide bonds. The highest BCUT2D eigenvalue weighted by atomic mass is 16.2. The Labute approximate surface area is 185 Å². The van der Waals surface area contributed by atoms with Gasteiger partial charge in [0.2, 0.25) is 11.8 Å². The summed E-state index contributed by atoms with van der Waals surface area (Å²) in [6.07, 6.45) is 1.88. The van der Waals surface area contributed by atoms with E-state index in [-0.39, 0.29) is 11.8 Å². The number of fused-ring (bicyclic) bond motifs is 1. The molecule has 0 heterocycles. The number of benzene rings is 3. The normalized spacial score (nSPS) is 11.8. The van der Waals surface area contributed by atoms with Crippen molar-refractivity contribution in [1.29, 1.82) is 0 Å². The van der Waals surface area contributed by atoms with Gasteiger partial charge in [0.15, 0.2) is 0 Å². The summed E-state index contributed by atoms with van der Waals surface area (Å²) in [6, 6.07) is 21.9. The molecule has 0 aliphatic carbocycles. The van der Waals surface area contributed by atoms with Crippen LogP contribution in [-0.2, 0) is 22.6 Å². The Morgan fingerprint density at radius 2 is 1.61 bits per heavy atom. The number of hydrogen-bond acceptors (Lipinski definition) is 2. The lowest BCUT2D eigenvalue weighted by molar-refractivity contribution is -0.140. The third kappa shape index (κ3) is 5.72. The molecule has 0 aliphatic heterocycles. The van der Waals surface area contributed by atoms with Gasteiger partial charge in [-0.3, -0.25) is 9.59 Å². The first-order valence-corrected chi connectivity index (χ1v) is 11.1. The fourth-order valence-corrected chi connectivity index (χ4v) is 3.85. The molecule has 0 fully saturated rings. The SMILES string of the molecule is CCCNC(=O)[C@@H](C)N(Cc1ccccc1C)C(=O)CCc1cccc2ccccc12. The largest absolute Gasteiger partial charge is 0.354 e. The lowest BCUT2D eigenvalue weighted by Crippen LogP contribution is -2.47. The van der Waals surface area contributed by atoms with E-state index in [4.69, 9.17) is 0 Å². The minimum absolute atomic E-state index is 0.00432. The van der Waals surface area contributed by atoms with Gasteiger partial charge in [-0.2, -0.15) is 0 Å². The molecule has 0 saturated carbocycles. The molecule has 4 heteroatoms. The van der Waals surface area contributed by atoms with Crippen LogP contribution in [0.15, 0.2) is 66.7 Å². The van der Waals surface area contributed by atoms with Gasteiger partial charge in [-0.1, -0.05) is 73.7 Å². The molecule has 0 aromatic heterocycles. The van der Waals surface area contributed by atoms with Crippen molar-refractivity contribution in [3.05, 3.63) is 83.4 Å². The Hall–Kier alpha value is -3.14. The average Bonchev–Trinajstić information content (AvgIpc) is 2.80. The molecule has 0 bridgehead atoms. The lowest BCUT2D eigenvalue weighted by atomic mass is 10.00. The molecule has 1 N–H and O–H groups in total. The maximum Gasteiger partial charge on any atom is 0.242 e. The van der Waals surface area contributed by atoms with E-state index in [9.17, 15) is 9.59 Å². The maximum absolute atomic E-state index is 13.3. The van der Waals surface area contributed by atoms with Crippen LogP contribution in [0.25, 0.3) is 10.8 Å². The van der Waals surface area contributed by atoms with E-state index in [1.807, 2.05) is 63.2 Å². The monoisotopic (exact) mass is 416 g/mol. The second-order valence-electron chi connectivity index (χ2n) is 8.05. The molecule has 4 nitrogen and oxygen atoms in total. The highest BCUT2D eigenvalue weighted by Gasteiger charge is 2.26. The van der Waals surface area contributed by atoms with Gasteiger partial charge in [0, 0.05) is 19.5 Å². The average molecular weight is 417 g/mol. The molecular formula is C27H32N2O2. The van der Waals surface area contributed by atoms with Gasteiger partial charge in [0.1, 0.15) is 6.04 Å². The first-order valence-electron chi connectivity index (χ1n) is 11.1. The predicted molar refractivity (Wildman–Crippen MR) is 127 cm³/mol. The van der Waals surface area contributed by atoms with Crippen molar-refractivity contribution in [2.75, 3.05) is 6.54 Å². The van der Waals surface area contributed by atoms with E-state index >= 15 is 0 Å². The van der Waals surface area contributed by atoms with Crippen LogP contribution in [0.5, 0.6) is 0 Å². The summed E-state index contributed by atoms with van der Waals surface area (Å²) >= 11 is 0. The van der Waals surface area contributed by atoms with E-state index in [0.717, 1.165) is 23.1 Å². The Morgan fingerprint density at radius 3 is 2.39 bits per heavy atom. The molecule has 162 valence electrons. The third-order valence-electron chi connectivity index (χ3n) is 5.81. The van der Waals surface area contributed by atoms with E-state index < -0.39 is 6.04 Å². The number of carbonyl (C=O) groups excluding carboxylic acids is 2. The summed E-state index contributed by atoms with van der Waals surface area (Å²) in [4.78, 5) is 27.7. The number of hydrogen-bond donors (Lipinski definition) is 1. The molecule has 0 saturated heterocycles. The fraction of sp³-hybridized carbons (Fsp3) is 0.333. The Bertz CT molecular complexity index is 1040.